The van der Waals surface area contributed by atoms with Crippen molar-refractivity contribution in [3.05, 3.63) is 24.3 Å². The molecule has 1 aromatic rings. The summed E-state index contributed by atoms with van der Waals surface area (Å²) >= 11 is 1.71. The fourth-order valence-electron chi connectivity index (χ4n) is 2.16. The average molecular weight is 540 g/mol. The number of thioether (sulfide) groups is 1. The summed E-state index contributed by atoms with van der Waals surface area (Å²) in [6, 6.07) is 4.93. The predicted octanol–water partition coefficient (Wildman–Crippen LogP) is 2.31. The lowest BCUT2D eigenvalue weighted by Gasteiger charge is -2.25. The molecule has 1 aliphatic heterocycles. The molecule has 0 aromatic heterocycles. The number of guanidine groups is 1. The van der Waals surface area contributed by atoms with Gasteiger partial charge in [-0.05, 0) is 24.3 Å². The van der Waals surface area contributed by atoms with Crippen LogP contribution in [0.1, 0.15) is 0 Å². The van der Waals surface area contributed by atoms with Crippen molar-refractivity contribution < 1.29 is 26.3 Å². The van der Waals surface area contributed by atoms with E-state index < -0.39 is 16.4 Å². The number of rotatable bonds is 6. The van der Waals surface area contributed by atoms with E-state index in [1.54, 1.807) is 11.8 Å². The van der Waals surface area contributed by atoms with E-state index in [2.05, 4.69) is 15.0 Å². The molecule has 0 saturated carbocycles. The standard InChI is InChI=1S/C14H19F3N4O3S2.HI/c15-14(16,17)24-12-3-1-11(2-4-12)20-13(18)19-5-10-26(22,23)21-6-8-25-9-7-21;/h1-4H,5-10H2,(H3,18,19,20);1H. The molecule has 1 fully saturated rings. The second-order valence-corrected chi connectivity index (χ2v) is 8.60. The topological polar surface area (TPSA) is 97.0 Å². The number of benzene rings is 1. The Labute approximate surface area is 177 Å². The fourth-order valence-corrected chi connectivity index (χ4v) is 4.62. The van der Waals surface area contributed by atoms with Crippen molar-refractivity contribution in [3.63, 3.8) is 0 Å². The van der Waals surface area contributed by atoms with E-state index in [1.807, 2.05) is 0 Å². The van der Waals surface area contributed by atoms with Crippen LogP contribution in [0.15, 0.2) is 29.3 Å². The SMILES string of the molecule is I.NC(=NCCS(=O)(=O)N1CCSCC1)Nc1ccc(OC(F)(F)F)cc1. The molecule has 0 radical (unpaired) electrons. The molecule has 0 spiro atoms. The Bertz CT molecular complexity index is 724. The quantitative estimate of drug-likeness (QED) is 0.327. The number of hydrogen-bond acceptors (Lipinski definition) is 5. The van der Waals surface area contributed by atoms with E-state index in [0.29, 0.717) is 18.8 Å². The van der Waals surface area contributed by atoms with Gasteiger partial charge in [-0.25, -0.2) is 12.7 Å². The number of ether oxygens (including phenoxy) is 1. The molecule has 3 N–H and O–H groups in total. The highest BCUT2D eigenvalue weighted by Crippen LogP contribution is 2.23. The molecule has 1 aromatic carbocycles. The van der Waals surface area contributed by atoms with Gasteiger partial charge in [0.1, 0.15) is 5.75 Å². The molecule has 0 atom stereocenters. The largest absolute Gasteiger partial charge is 0.573 e. The van der Waals surface area contributed by atoms with E-state index in [1.165, 1.54) is 16.4 Å². The second kappa shape index (κ2) is 10.6. The van der Waals surface area contributed by atoms with Crippen molar-refractivity contribution in [2.45, 2.75) is 6.36 Å². The molecule has 7 nitrogen and oxygen atoms in total. The zero-order chi connectivity index (χ0) is 19.2. The van der Waals surface area contributed by atoms with E-state index in [0.717, 1.165) is 23.6 Å². The van der Waals surface area contributed by atoms with Crippen molar-refractivity contribution >= 4 is 57.4 Å². The van der Waals surface area contributed by atoms with Crippen LogP contribution in [0, 0.1) is 0 Å². The molecule has 0 unspecified atom stereocenters. The van der Waals surface area contributed by atoms with E-state index in [-0.39, 0.29) is 48.0 Å². The lowest BCUT2D eigenvalue weighted by molar-refractivity contribution is -0.274. The van der Waals surface area contributed by atoms with Crippen LogP contribution < -0.4 is 15.8 Å². The first-order valence-corrected chi connectivity index (χ1v) is 10.4. The third kappa shape index (κ3) is 8.74. The minimum absolute atomic E-state index is 0. The number of nitrogens with zero attached hydrogens (tertiary/aromatic N) is 2. The minimum atomic E-state index is -4.76. The highest BCUT2D eigenvalue weighted by molar-refractivity contribution is 14.0. The number of aliphatic imine (C=N–C) groups is 1. The highest BCUT2D eigenvalue weighted by Gasteiger charge is 2.31. The van der Waals surface area contributed by atoms with Gasteiger partial charge in [0.05, 0.1) is 12.3 Å². The molecule has 0 aliphatic carbocycles. The minimum Gasteiger partial charge on any atom is -0.406 e. The van der Waals surface area contributed by atoms with Gasteiger partial charge in [0.2, 0.25) is 10.0 Å². The van der Waals surface area contributed by atoms with Crippen molar-refractivity contribution in [3.8, 4) is 5.75 Å². The number of nitrogens with two attached hydrogens (primary N) is 1. The molecule has 154 valence electrons. The molecule has 1 heterocycles. The van der Waals surface area contributed by atoms with Crippen LogP contribution in [0.25, 0.3) is 0 Å². The van der Waals surface area contributed by atoms with Crippen LogP contribution in [0.4, 0.5) is 18.9 Å². The molecular formula is C14H20F3IN4O3S2. The Morgan fingerprint density at radius 1 is 1.26 bits per heavy atom. The fraction of sp³-hybridized carbons (Fsp3) is 0.500. The monoisotopic (exact) mass is 540 g/mol. The van der Waals surface area contributed by atoms with Crippen LogP contribution in [0.3, 0.4) is 0 Å². The van der Waals surface area contributed by atoms with Crippen molar-refractivity contribution in [2.75, 3.05) is 42.2 Å². The average Bonchev–Trinajstić information content (AvgIpc) is 2.56. The lowest BCUT2D eigenvalue weighted by Crippen LogP contribution is -2.40. The molecular weight excluding hydrogens is 520 g/mol. The maximum atomic E-state index is 12.2. The zero-order valence-corrected chi connectivity index (χ0v) is 18.1. The Kier molecular flexibility index (Phi) is 9.44. The smallest absolute Gasteiger partial charge is 0.406 e. The molecule has 2 rings (SSSR count). The van der Waals surface area contributed by atoms with Crippen LogP contribution in [0.5, 0.6) is 5.75 Å². The number of anilines is 1. The number of hydrogen-bond donors (Lipinski definition) is 2. The summed E-state index contributed by atoms with van der Waals surface area (Å²) in [5.41, 5.74) is 6.07. The Morgan fingerprint density at radius 3 is 2.41 bits per heavy atom. The maximum Gasteiger partial charge on any atom is 0.573 e. The lowest BCUT2D eigenvalue weighted by atomic mass is 10.3. The zero-order valence-electron chi connectivity index (χ0n) is 14.1. The van der Waals surface area contributed by atoms with Crippen molar-refractivity contribution in [2.24, 2.45) is 10.7 Å². The van der Waals surface area contributed by atoms with Gasteiger partial charge in [0, 0.05) is 30.3 Å². The summed E-state index contributed by atoms with van der Waals surface area (Å²) in [6.45, 7) is 0.980. The first-order chi connectivity index (χ1) is 12.2. The van der Waals surface area contributed by atoms with E-state index in [4.69, 9.17) is 5.73 Å². The molecule has 27 heavy (non-hydrogen) atoms. The van der Waals surface area contributed by atoms with Gasteiger partial charge in [0.15, 0.2) is 5.96 Å². The highest BCUT2D eigenvalue weighted by atomic mass is 127. The molecule has 1 aliphatic rings. The second-order valence-electron chi connectivity index (χ2n) is 5.29. The number of sulfonamides is 1. The van der Waals surface area contributed by atoms with Gasteiger partial charge in [0.25, 0.3) is 0 Å². The van der Waals surface area contributed by atoms with Crippen molar-refractivity contribution in [1.82, 2.24) is 4.31 Å². The summed E-state index contributed by atoms with van der Waals surface area (Å²) < 4.78 is 65.8. The summed E-state index contributed by atoms with van der Waals surface area (Å²) in [7, 11) is -3.37. The molecule has 1 saturated heterocycles. The number of nitrogens with one attached hydrogen (secondary N) is 1. The van der Waals surface area contributed by atoms with Gasteiger partial charge < -0.3 is 15.8 Å². The van der Waals surface area contributed by atoms with E-state index in [9.17, 15) is 21.6 Å². The number of halogens is 4. The van der Waals surface area contributed by atoms with Gasteiger partial charge in [-0.2, -0.15) is 11.8 Å². The summed E-state index contributed by atoms with van der Waals surface area (Å²) in [4.78, 5) is 3.94. The first-order valence-electron chi connectivity index (χ1n) is 7.64. The molecule has 0 amide bonds. The Morgan fingerprint density at radius 2 is 1.85 bits per heavy atom. The summed E-state index contributed by atoms with van der Waals surface area (Å²) in [5, 5.41) is 2.68. The predicted molar refractivity (Wildman–Crippen MR) is 111 cm³/mol. The summed E-state index contributed by atoms with van der Waals surface area (Å²) in [5.74, 6) is 1.02. The molecule has 0 bridgehead atoms. The van der Waals surface area contributed by atoms with Crippen LogP contribution >= 0.6 is 35.7 Å². The third-order valence-electron chi connectivity index (χ3n) is 3.36. The van der Waals surface area contributed by atoms with Crippen LogP contribution in [-0.4, -0.2) is 61.9 Å². The first kappa shape index (κ1) is 24.1. The number of alkyl halides is 3. The third-order valence-corrected chi connectivity index (χ3v) is 6.15. The Hall–Kier alpha value is -0.930. The van der Waals surface area contributed by atoms with Gasteiger partial charge in [-0.3, -0.25) is 4.99 Å². The van der Waals surface area contributed by atoms with Crippen molar-refractivity contribution in [1.29, 1.82) is 0 Å². The normalized spacial score (nSPS) is 16.5. The maximum absolute atomic E-state index is 12.2. The summed E-state index contributed by atoms with van der Waals surface area (Å²) in [6.07, 6.45) is -4.76. The van der Waals surface area contributed by atoms with Gasteiger partial charge in [-0.15, -0.1) is 37.1 Å². The Balaban J connectivity index is 0.00000364. The van der Waals surface area contributed by atoms with Gasteiger partial charge >= 0.3 is 6.36 Å². The van der Waals surface area contributed by atoms with E-state index >= 15 is 0 Å². The van der Waals surface area contributed by atoms with Gasteiger partial charge in [-0.1, -0.05) is 0 Å². The van der Waals surface area contributed by atoms with Crippen LogP contribution in [0.2, 0.25) is 0 Å². The van der Waals surface area contributed by atoms with Crippen LogP contribution in [-0.2, 0) is 10.0 Å². The molecule has 13 heteroatoms.